The molecule has 0 fully saturated rings. The molecule has 0 saturated carbocycles. The highest BCUT2D eigenvalue weighted by atomic mass is 35.5. The zero-order valence-electron chi connectivity index (χ0n) is 7.36. The van der Waals surface area contributed by atoms with E-state index in [1.54, 1.807) is 13.0 Å². The summed E-state index contributed by atoms with van der Waals surface area (Å²) in [4.78, 5) is 0. The van der Waals surface area contributed by atoms with Crippen molar-refractivity contribution in [3.63, 3.8) is 0 Å². The van der Waals surface area contributed by atoms with Crippen LogP contribution in [-0.2, 0) is 5.88 Å². The van der Waals surface area contributed by atoms with Crippen molar-refractivity contribution in [1.29, 1.82) is 0 Å². The smallest absolute Gasteiger partial charge is 0.405 e. The number of alkyl halides is 4. The van der Waals surface area contributed by atoms with E-state index in [2.05, 4.69) is 4.74 Å². The second-order valence-corrected chi connectivity index (χ2v) is 3.06. The summed E-state index contributed by atoms with van der Waals surface area (Å²) < 4.78 is 39.6. The molecule has 1 nitrogen and oxygen atoms in total. The maximum atomic E-state index is 11.9. The van der Waals surface area contributed by atoms with Gasteiger partial charge in [0.15, 0.2) is 0 Å². The molecule has 0 unspecified atom stereocenters. The first kappa shape index (κ1) is 11.2. The summed E-state index contributed by atoms with van der Waals surface area (Å²) in [5, 5.41) is 0. The molecule has 1 rings (SSSR count). The predicted octanol–water partition coefficient (Wildman–Crippen LogP) is 3.63. The summed E-state index contributed by atoms with van der Waals surface area (Å²) in [5.74, 6) is -0.237. The van der Waals surface area contributed by atoms with Gasteiger partial charge in [0.25, 0.3) is 0 Å². The molecule has 1 aromatic carbocycles. The van der Waals surface area contributed by atoms with Crippen molar-refractivity contribution in [3.05, 3.63) is 29.3 Å². The standard InChI is InChI=1S/C9H8ClF3O/c1-6-2-3-7(5-10)8(4-6)14-9(11,12)13/h2-4H,5H2,1H3. The second kappa shape index (κ2) is 4.09. The Morgan fingerprint density at radius 1 is 1.36 bits per heavy atom. The van der Waals surface area contributed by atoms with Crippen LogP contribution in [0.2, 0.25) is 0 Å². The summed E-state index contributed by atoms with van der Waals surface area (Å²) >= 11 is 5.47. The fourth-order valence-electron chi connectivity index (χ4n) is 0.992. The van der Waals surface area contributed by atoms with Crippen LogP contribution in [0.15, 0.2) is 18.2 Å². The average Bonchev–Trinajstić information content (AvgIpc) is 2.01. The number of aryl methyl sites for hydroxylation is 1. The quantitative estimate of drug-likeness (QED) is 0.697. The van der Waals surface area contributed by atoms with Crippen molar-refractivity contribution in [2.75, 3.05) is 0 Å². The van der Waals surface area contributed by atoms with Crippen LogP contribution in [-0.4, -0.2) is 6.36 Å². The van der Waals surface area contributed by atoms with Crippen molar-refractivity contribution >= 4 is 11.6 Å². The van der Waals surface area contributed by atoms with Gasteiger partial charge in [0.1, 0.15) is 5.75 Å². The van der Waals surface area contributed by atoms with Gasteiger partial charge < -0.3 is 4.74 Å². The largest absolute Gasteiger partial charge is 0.573 e. The molecule has 0 aliphatic heterocycles. The van der Waals surface area contributed by atoms with E-state index < -0.39 is 6.36 Å². The molecular weight excluding hydrogens is 217 g/mol. The van der Waals surface area contributed by atoms with Crippen molar-refractivity contribution < 1.29 is 17.9 Å². The first-order valence-electron chi connectivity index (χ1n) is 3.83. The number of hydrogen-bond acceptors (Lipinski definition) is 1. The number of ether oxygens (including phenoxy) is 1. The molecular formula is C9H8ClF3O. The molecule has 0 aliphatic carbocycles. The van der Waals surface area contributed by atoms with Gasteiger partial charge >= 0.3 is 6.36 Å². The highest BCUT2D eigenvalue weighted by Gasteiger charge is 2.31. The lowest BCUT2D eigenvalue weighted by Crippen LogP contribution is -2.18. The Morgan fingerprint density at radius 2 is 2.00 bits per heavy atom. The number of rotatable bonds is 2. The lowest BCUT2D eigenvalue weighted by Gasteiger charge is -2.12. The van der Waals surface area contributed by atoms with E-state index in [1.165, 1.54) is 12.1 Å². The van der Waals surface area contributed by atoms with Crippen molar-refractivity contribution in [2.45, 2.75) is 19.2 Å². The molecule has 1 aromatic rings. The van der Waals surface area contributed by atoms with E-state index in [9.17, 15) is 13.2 Å². The summed E-state index contributed by atoms with van der Waals surface area (Å²) in [5.41, 5.74) is 1.02. The van der Waals surface area contributed by atoms with E-state index in [1.807, 2.05) is 0 Å². The maximum Gasteiger partial charge on any atom is 0.573 e. The molecule has 0 atom stereocenters. The molecule has 0 radical (unpaired) electrons. The fraction of sp³-hybridized carbons (Fsp3) is 0.333. The number of benzene rings is 1. The molecule has 14 heavy (non-hydrogen) atoms. The molecule has 0 saturated heterocycles. The third kappa shape index (κ3) is 3.10. The average molecular weight is 225 g/mol. The van der Waals surface area contributed by atoms with Crippen LogP contribution in [0.1, 0.15) is 11.1 Å². The van der Waals surface area contributed by atoms with Gasteiger partial charge in [-0.05, 0) is 18.6 Å². The molecule has 0 spiro atoms. The van der Waals surface area contributed by atoms with Crippen molar-refractivity contribution in [1.82, 2.24) is 0 Å². The van der Waals surface area contributed by atoms with E-state index in [4.69, 9.17) is 11.6 Å². The van der Waals surface area contributed by atoms with Gasteiger partial charge in [0, 0.05) is 5.56 Å². The fourth-order valence-corrected chi connectivity index (χ4v) is 1.21. The predicted molar refractivity (Wildman–Crippen MR) is 47.4 cm³/mol. The van der Waals surface area contributed by atoms with Gasteiger partial charge in [-0.1, -0.05) is 12.1 Å². The first-order valence-corrected chi connectivity index (χ1v) is 4.37. The van der Waals surface area contributed by atoms with Crippen LogP contribution in [0.25, 0.3) is 0 Å². The third-order valence-electron chi connectivity index (χ3n) is 1.59. The van der Waals surface area contributed by atoms with Crippen LogP contribution >= 0.6 is 11.6 Å². The van der Waals surface area contributed by atoms with Crippen molar-refractivity contribution in [2.24, 2.45) is 0 Å². The monoisotopic (exact) mass is 224 g/mol. The van der Waals surface area contributed by atoms with Gasteiger partial charge in [-0.2, -0.15) is 0 Å². The van der Waals surface area contributed by atoms with Crippen molar-refractivity contribution in [3.8, 4) is 5.75 Å². The summed E-state index contributed by atoms with van der Waals surface area (Å²) in [6.07, 6.45) is -4.67. The normalized spacial score (nSPS) is 11.5. The lowest BCUT2D eigenvalue weighted by molar-refractivity contribution is -0.274. The van der Waals surface area contributed by atoms with Crippen LogP contribution in [0.5, 0.6) is 5.75 Å². The van der Waals surface area contributed by atoms with Crippen LogP contribution < -0.4 is 4.74 Å². The molecule has 0 aliphatic rings. The Morgan fingerprint density at radius 3 is 2.50 bits per heavy atom. The number of halogens is 4. The molecule has 0 aromatic heterocycles. The third-order valence-corrected chi connectivity index (χ3v) is 1.88. The van der Waals surface area contributed by atoms with E-state index in [0.717, 1.165) is 0 Å². The summed E-state index contributed by atoms with van der Waals surface area (Å²) in [6.45, 7) is 1.68. The Labute approximate surface area is 84.4 Å². The zero-order valence-corrected chi connectivity index (χ0v) is 8.12. The molecule has 0 heterocycles. The van der Waals surface area contributed by atoms with Crippen LogP contribution in [0, 0.1) is 6.92 Å². The SMILES string of the molecule is Cc1ccc(CCl)c(OC(F)(F)F)c1. The molecule has 0 bridgehead atoms. The molecule has 5 heteroatoms. The maximum absolute atomic E-state index is 11.9. The van der Waals surface area contributed by atoms with Gasteiger partial charge in [0.05, 0.1) is 5.88 Å². The Kier molecular flexibility index (Phi) is 3.26. The van der Waals surface area contributed by atoms with Gasteiger partial charge in [-0.15, -0.1) is 24.8 Å². The summed E-state index contributed by atoms with van der Waals surface area (Å²) in [6, 6.07) is 4.51. The molecule has 0 N–H and O–H groups in total. The highest BCUT2D eigenvalue weighted by Crippen LogP contribution is 2.28. The highest BCUT2D eigenvalue weighted by molar-refractivity contribution is 6.17. The van der Waals surface area contributed by atoms with E-state index in [0.29, 0.717) is 11.1 Å². The van der Waals surface area contributed by atoms with Crippen LogP contribution in [0.4, 0.5) is 13.2 Å². The minimum atomic E-state index is -4.67. The van der Waals surface area contributed by atoms with E-state index >= 15 is 0 Å². The topological polar surface area (TPSA) is 9.23 Å². The van der Waals surface area contributed by atoms with Gasteiger partial charge in [-0.25, -0.2) is 0 Å². The Balaban J connectivity index is 2.99. The van der Waals surface area contributed by atoms with Gasteiger partial charge in [-0.3, -0.25) is 0 Å². The lowest BCUT2D eigenvalue weighted by atomic mass is 10.1. The summed E-state index contributed by atoms with van der Waals surface area (Å²) in [7, 11) is 0. The van der Waals surface area contributed by atoms with E-state index in [-0.39, 0.29) is 11.6 Å². The Bertz CT molecular complexity index is 322. The zero-order chi connectivity index (χ0) is 10.8. The minimum absolute atomic E-state index is 0.00824. The minimum Gasteiger partial charge on any atom is -0.405 e. The first-order chi connectivity index (χ1) is 6.42. The Hall–Kier alpha value is -0.900. The van der Waals surface area contributed by atoms with Gasteiger partial charge in [0.2, 0.25) is 0 Å². The van der Waals surface area contributed by atoms with Crippen LogP contribution in [0.3, 0.4) is 0 Å². The molecule has 78 valence electrons. The second-order valence-electron chi connectivity index (χ2n) is 2.79. The molecule has 0 amide bonds. The number of hydrogen-bond donors (Lipinski definition) is 0.